The van der Waals surface area contributed by atoms with Crippen molar-refractivity contribution in [2.45, 2.75) is 20.8 Å². The van der Waals surface area contributed by atoms with Gasteiger partial charge in [-0.2, -0.15) is 0 Å². The molecule has 3 rings (SSSR count). The third-order valence-corrected chi connectivity index (χ3v) is 4.74. The van der Waals surface area contributed by atoms with Crippen LogP contribution >= 0.6 is 23.2 Å². The minimum absolute atomic E-state index is 0.273. The Kier molecular flexibility index (Phi) is 4.62. The number of imide groups is 1. The third-order valence-electron chi connectivity index (χ3n) is 4.20. The molecule has 0 atom stereocenters. The summed E-state index contributed by atoms with van der Waals surface area (Å²) in [6, 6.07) is 6.87. The second-order valence-corrected chi connectivity index (χ2v) is 6.64. The molecule has 0 aliphatic carbocycles. The number of hydrogen-bond acceptors (Lipinski definition) is 2. The quantitative estimate of drug-likeness (QED) is 0.639. The van der Waals surface area contributed by atoms with Crippen molar-refractivity contribution in [3.05, 3.63) is 57.0 Å². The molecule has 0 bridgehead atoms. The molecular weight excluding hydrogens is 361 g/mol. The van der Waals surface area contributed by atoms with Gasteiger partial charge >= 0.3 is 6.03 Å². The average Bonchev–Trinajstić information content (AvgIpc) is 2.97. The Bertz CT molecular complexity index is 915. The zero-order valence-electron chi connectivity index (χ0n) is 14.1. The first kappa shape index (κ1) is 17.6. The van der Waals surface area contributed by atoms with E-state index in [0.717, 1.165) is 22.6 Å². The summed E-state index contributed by atoms with van der Waals surface area (Å²) in [4.78, 5) is 25.2. The first-order valence-corrected chi connectivity index (χ1v) is 8.58. The minimum Gasteiger partial charge on any atom is -0.316 e. The van der Waals surface area contributed by atoms with E-state index in [1.165, 1.54) is 4.90 Å². The predicted octanol–water partition coefficient (Wildman–Crippen LogP) is 4.31. The number of nitrogens with zero attached hydrogens (tertiary/aromatic N) is 2. The van der Waals surface area contributed by atoms with E-state index < -0.39 is 6.03 Å². The van der Waals surface area contributed by atoms with Crippen LogP contribution in [0.5, 0.6) is 0 Å². The number of likely N-dealkylation sites (N-methyl/N-ethyl adjacent to an activating group) is 1. The fraction of sp³-hybridized carbons (Fsp3) is 0.222. The normalized spacial score (nSPS) is 16.0. The van der Waals surface area contributed by atoms with Gasteiger partial charge in [-0.25, -0.2) is 4.79 Å². The highest BCUT2D eigenvalue weighted by Crippen LogP contribution is 2.29. The summed E-state index contributed by atoms with van der Waals surface area (Å²) in [7, 11) is 0. The maximum absolute atomic E-state index is 12.2. The van der Waals surface area contributed by atoms with Crippen LogP contribution in [0, 0.1) is 13.8 Å². The molecule has 1 aromatic heterocycles. The highest BCUT2D eigenvalue weighted by molar-refractivity contribution is 6.35. The lowest BCUT2D eigenvalue weighted by Gasteiger charge is -2.12. The van der Waals surface area contributed by atoms with Crippen LogP contribution in [-0.2, 0) is 4.79 Å². The Balaban J connectivity index is 2.05. The van der Waals surface area contributed by atoms with Gasteiger partial charge in [0.1, 0.15) is 5.70 Å². The first-order valence-electron chi connectivity index (χ1n) is 7.82. The Morgan fingerprint density at radius 1 is 1.16 bits per heavy atom. The molecule has 1 aliphatic rings. The van der Waals surface area contributed by atoms with E-state index in [4.69, 9.17) is 23.2 Å². The fourth-order valence-electron chi connectivity index (χ4n) is 2.98. The number of hydrogen-bond donors (Lipinski definition) is 1. The van der Waals surface area contributed by atoms with Gasteiger partial charge in [-0.15, -0.1) is 0 Å². The Hall–Kier alpha value is -2.24. The molecule has 0 spiro atoms. The van der Waals surface area contributed by atoms with Gasteiger partial charge in [-0.1, -0.05) is 23.2 Å². The van der Waals surface area contributed by atoms with Gasteiger partial charge < -0.3 is 9.88 Å². The fourth-order valence-corrected chi connectivity index (χ4v) is 3.47. The third kappa shape index (κ3) is 3.05. The zero-order chi connectivity index (χ0) is 18.3. The molecule has 3 amide bonds. The van der Waals surface area contributed by atoms with E-state index in [-0.39, 0.29) is 11.6 Å². The minimum atomic E-state index is -0.395. The van der Waals surface area contributed by atoms with Crippen LogP contribution in [0.4, 0.5) is 4.79 Å². The molecule has 2 aromatic rings. The molecule has 5 nitrogen and oxygen atoms in total. The van der Waals surface area contributed by atoms with Crippen LogP contribution < -0.4 is 5.32 Å². The monoisotopic (exact) mass is 377 g/mol. The van der Waals surface area contributed by atoms with Crippen molar-refractivity contribution in [3.8, 4) is 5.69 Å². The van der Waals surface area contributed by atoms with Crippen molar-refractivity contribution in [2.24, 2.45) is 0 Å². The van der Waals surface area contributed by atoms with E-state index in [1.54, 1.807) is 25.1 Å². The summed E-state index contributed by atoms with van der Waals surface area (Å²) in [5.74, 6) is -0.318. The van der Waals surface area contributed by atoms with Crippen LogP contribution in [0.15, 0.2) is 30.0 Å². The van der Waals surface area contributed by atoms with E-state index in [9.17, 15) is 9.59 Å². The van der Waals surface area contributed by atoms with Crippen molar-refractivity contribution in [2.75, 3.05) is 6.54 Å². The molecule has 1 saturated heterocycles. The summed E-state index contributed by atoms with van der Waals surface area (Å²) in [6.45, 7) is 5.98. The van der Waals surface area contributed by atoms with E-state index in [2.05, 4.69) is 5.32 Å². The molecule has 0 radical (unpaired) electrons. The number of carbonyl (C=O) groups is 2. The lowest BCUT2D eigenvalue weighted by Crippen LogP contribution is -2.30. The van der Waals surface area contributed by atoms with Crippen molar-refractivity contribution in [1.82, 2.24) is 14.8 Å². The summed E-state index contributed by atoms with van der Waals surface area (Å²) >= 11 is 12.3. The van der Waals surface area contributed by atoms with E-state index in [1.807, 2.05) is 30.5 Å². The molecule has 7 heteroatoms. The smallest absolute Gasteiger partial charge is 0.316 e. The first-order chi connectivity index (χ1) is 11.8. The summed E-state index contributed by atoms with van der Waals surface area (Å²) in [6.07, 6.45) is 1.69. The number of halogens is 2. The van der Waals surface area contributed by atoms with Gasteiger partial charge in [0.05, 0.1) is 10.7 Å². The van der Waals surface area contributed by atoms with E-state index in [0.29, 0.717) is 16.6 Å². The Morgan fingerprint density at radius 2 is 1.88 bits per heavy atom. The van der Waals surface area contributed by atoms with Gasteiger partial charge in [0.2, 0.25) is 0 Å². The van der Waals surface area contributed by atoms with Gasteiger partial charge in [-0.05, 0) is 56.7 Å². The highest BCUT2D eigenvalue weighted by Gasteiger charge is 2.32. The van der Waals surface area contributed by atoms with E-state index >= 15 is 0 Å². The molecular formula is C18H17Cl2N3O2. The standard InChI is InChI=1S/C18H17Cl2N3O2/c1-4-22-17(24)15(21-18(22)25)8-12-7-10(2)23(11(12)3)16-6-5-13(19)9-14(16)20/h5-9H,4H2,1-3H3,(H,21,25)/b15-8+. The number of aryl methyl sites for hydroxylation is 1. The number of nitrogens with one attached hydrogen (secondary N) is 1. The van der Waals surface area contributed by atoms with Crippen LogP contribution in [-0.4, -0.2) is 28.0 Å². The number of carbonyl (C=O) groups excluding carboxylic acids is 2. The van der Waals surface area contributed by atoms with Gasteiger partial charge in [0, 0.05) is 23.0 Å². The van der Waals surface area contributed by atoms with Gasteiger partial charge in [-0.3, -0.25) is 9.69 Å². The largest absolute Gasteiger partial charge is 0.328 e. The van der Waals surface area contributed by atoms with Crippen LogP contribution in [0.25, 0.3) is 11.8 Å². The summed E-state index contributed by atoms with van der Waals surface area (Å²) in [5, 5.41) is 3.72. The molecule has 1 aromatic carbocycles. The number of rotatable bonds is 3. The van der Waals surface area contributed by atoms with Gasteiger partial charge in [0.25, 0.3) is 5.91 Å². The molecule has 1 aliphatic heterocycles. The molecule has 0 saturated carbocycles. The lowest BCUT2D eigenvalue weighted by molar-refractivity contribution is -0.122. The predicted molar refractivity (Wildman–Crippen MR) is 99.2 cm³/mol. The molecule has 0 unspecified atom stereocenters. The Labute approximate surface area is 155 Å². The van der Waals surface area contributed by atoms with Crippen molar-refractivity contribution >= 4 is 41.2 Å². The number of benzene rings is 1. The van der Waals surface area contributed by atoms with Crippen LogP contribution in [0.3, 0.4) is 0 Å². The second-order valence-electron chi connectivity index (χ2n) is 5.80. The van der Waals surface area contributed by atoms with Crippen molar-refractivity contribution in [3.63, 3.8) is 0 Å². The van der Waals surface area contributed by atoms with Crippen LogP contribution in [0.2, 0.25) is 10.0 Å². The summed E-state index contributed by atoms with van der Waals surface area (Å²) < 4.78 is 1.99. The maximum Gasteiger partial charge on any atom is 0.328 e. The molecule has 130 valence electrons. The number of aromatic nitrogens is 1. The molecule has 1 fully saturated rings. The van der Waals surface area contributed by atoms with Crippen molar-refractivity contribution in [1.29, 1.82) is 0 Å². The lowest BCUT2D eigenvalue weighted by atomic mass is 10.2. The average molecular weight is 378 g/mol. The second kappa shape index (κ2) is 6.58. The van der Waals surface area contributed by atoms with Crippen LogP contribution in [0.1, 0.15) is 23.9 Å². The highest BCUT2D eigenvalue weighted by atomic mass is 35.5. The molecule has 2 heterocycles. The topological polar surface area (TPSA) is 54.3 Å². The maximum atomic E-state index is 12.2. The molecule has 25 heavy (non-hydrogen) atoms. The number of urea groups is 1. The van der Waals surface area contributed by atoms with Crippen molar-refractivity contribution < 1.29 is 9.59 Å². The zero-order valence-corrected chi connectivity index (χ0v) is 15.6. The SMILES string of the molecule is CCN1C(=O)N/C(=C/c2cc(C)n(-c3ccc(Cl)cc3Cl)c2C)C1=O. The number of amides is 3. The van der Waals surface area contributed by atoms with Gasteiger partial charge in [0.15, 0.2) is 0 Å². The Morgan fingerprint density at radius 3 is 2.48 bits per heavy atom. The summed E-state index contributed by atoms with van der Waals surface area (Å²) in [5.41, 5.74) is 3.78. The molecule has 1 N–H and O–H groups in total.